The lowest BCUT2D eigenvalue weighted by atomic mass is 9.97. The highest BCUT2D eigenvalue weighted by Gasteiger charge is 2.36. The summed E-state index contributed by atoms with van der Waals surface area (Å²) in [7, 11) is 0. The number of nitrogens with two attached hydrogens (primary N) is 1. The van der Waals surface area contributed by atoms with Crippen LogP contribution in [0.3, 0.4) is 0 Å². The number of hydrogen-bond acceptors (Lipinski definition) is 4. The molecule has 21 heavy (non-hydrogen) atoms. The average Bonchev–Trinajstić information content (AvgIpc) is 2.53. The van der Waals surface area contributed by atoms with Crippen LogP contribution in [0, 0.1) is 0 Å². The van der Waals surface area contributed by atoms with E-state index in [9.17, 15) is 9.59 Å². The number of nitrogens with one attached hydrogen (secondary N) is 1. The number of primary amides is 1. The third-order valence-corrected chi connectivity index (χ3v) is 4.09. The molecule has 2 aliphatic rings. The lowest BCUT2D eigenvalue weighted by Crippen LogP contribution is -2.58. The number of carbonyl (C=O) groups is 2. The summed E-state index contributed by atoms with van der Waals surface area (Å²) in [6.45, 7) is 1.04. The number of rotatable bonds is 2. The summed E-state index contributed by atoms with van der Waals surface area (Å²) in [5.74, 6) is -0.587. The molecule has 0 spiro atoms. The molecule has 6 nitrogen and oxygen atoms in total. The number of amides is 2. The summed E-state index contributed by atoms with van der Waals surface area (Å²) in [6.07, 6.45) is 1.57. The number of aryl methyl sites for hydroxylation is 1. The fourth-order valence-electron chi connectivity index (χ4n) is 2.93. The molecule has 2 atom stereocenters. The van der Waals surface area contributed by atoms with Crippen molar-refractivity contribution in [1.29, 1.82) is 0 Å². The molecule has 3 rings (SSSR count). The first-order chi connectivity index (χ1) is 10.2. The fourth-order valence-corrected chi connectivity index (χ4v) is 2.93. The van der Waals surface area contributed by atoms with E-state index in [4.69, 9.17) is 10.5 Å². The molecule has 112 valence electrons. The van der Waals surface area contributed by atoms with Crippen LogP contribution in [0.15, 0.2) is 24.3 Å². The van der Waals surface area contributed by atoms with E-state index in [2.05, 4.69) is 11.4 Å². The molecule has 1 aromatic carbocycles. The molecular weight excluding hydrogens is 270 g/mol. The van der Waals surface area contributed by atoms with Crippen LogP contribution in [0.4, 0.5) is 5.69 Å². The minimum absolute atomic E-state index is 0.0726. The minimum Gasteiger partial charge on any atom is -0.377 e. The van der Waals surface area contributed by atoms with Gasteiger partial charge in [-0.05, 0) is 24.5 Å². The number of para-hydroxylation sites is 1. The second kappa shape index (κ2) is 5.73. The van der Waals surface area contributed by atoms with Crippen molar-refractivity contribution in [3.05, 3.63) is 29.8 Å². The van der Waals surface area contributed by atoms with Gasteiger partial charge < -0.3 is 20.7 Å². The van der Waals surface area contributed by atoms with Crippen molar-refractivity contribution in [2.24, 2.45) is 5.73 Å². The highest BCUT2D eigenvalue weighted by atomic mass is 16.5. The van der Waals surface area contributed by atoms with E-state index < -0.39 is 11.9 Å². The standard InChI is InChI=1S/C15H19N3O3/c16-14(19)13-9-21-8-7-18(13)15(20)12-6-5-10-3-1-2-4-11(10)17-12/h1-4,12-13,17H,5-9H2,(H2,16,19). The van der Waals surface area contributed by atoms with Crippen molar-refractivity contribution in [3.63, 3.8) is 0 Å². The maximum Gasteiger partial charge on any atom is 0.245 e. The molecule has 0 radical (unpaired) electrons. The number of ether oxygens (including phenoxy) is 1. The van der Waals surface area contributed by atoms with Gasteiger partial charge in [-0.25, -0.2) is 0 Å². The number of benzene rings is 1. The Morgan fingerprint density at radius 2 is 2.14 bits per heavy atom. The second-order valence-corrected chi connectivity index (χ2v) is 5.42. The lowest BCUT2D eigenvalue weighted by molar-refractivity contribution is -0.147. The fraction of sp³-hybridized carbons (Fsp3) is 0.467. The monoisotopic (exact) mass is 289 g/mol. The van der Waals surface area contributed by atoms with Gasteiger partial charge in [0.15, 0.2) is 0 Å². The van der Waals surface area contributed by atoms with Gasteiger partial charge in [-0.1, -0.05) is 18.2 Å². The Morgan fingerprint density at radius 3 is 2.95 bits per heavy atom. The number of morpholine rings is 1. The van der Waals surface area contributed by atoms with Crippen molar-refractivity contribution in [2.75, 3.05) is 25.1 Å². The lowest BCUT2D eigenvalue weighted by Gasteiger charge is -2.37. The summed E-state index contributed by atoms with van der Waals surface area (Å²) in [5, 5.41) is 3.27. The van der Waals surface area contributed by atoms with Crippen LogP contribution in [0.25, 0.3) is 0 Å². The van der Waals surface area contributed by atoms with Crippen LogP contribution in [0.2, 0.25) is 0 Å². The van der Waals surface area contributed by atoms with Gasteiger partial charge in [0.05, 0.1) is 13.2 Å². The molecule has 2 heterocycles. The van der Waals surface area contributed by atoms with Crippen LogP contribution in [0.1, 0.15) is 12.0 Å². The van der Waals surface area contributed by atoms with Crippen LogP contribution in [-0.2, 0) is 20.7 Å². The normalized spacial score (nSPS) is 24.9. The van der Waals surface area contributed by atoms with E-state index in [0.29, 0.717) is 13.2 Å². The molecule has 2 unspecified atom stereocenters. The molecule has 0 saturated carbocycles. The molecule has 3 N–H and O–H groups in total. The predicted molar refractivity (Wildman–Crippen MR) is 77.7 cm³/mol. The van der Waals surface area contributed by atoms with Crippen LogP contribution < -0.4 is 11.1 Å². The van der Waals surface area contributed by atoms with Crippen molar-refractivity contribution >= 4 is 17.5 Å². The van der Waals surface area contributed by atoms with Gasteiger partial charge in [-0.2, -0.15) is 0 Å². The minimum atomic E-state index is -0.662. The van der Waals surface area contributed by atoms with Crippen LogP contribution >= 0.6 is 0 Å². The molecule has 1 aromatic rings. The summed E-state index contributed by atoms with van der Waals surface area (Å²) in [4.78, 5) is 25.7. The maximum absolute atomic E-state index is 12.7. The first-order valence-electron chi connectivity index (χ1n) is 7.19. The van der Waals surface area contributed by atoms with Crippen molar-refractivity contribution in [3.8, 4) is 0 Å². The average molecular weight is 289 g/mol. The highest BCUT2D eigenvalue weighted by Crippen LogP contribution is 2.25. The number of anilines is 1. The molecule has 0 aliphatic carbocycles. The number of fused-ring (bicyclic) bond motifs is 1. The van der Waals surface area contributed by atoms with Gasteiger partial charge in [0.1, 0.15) is 12.1 Å². The van der Waals surface area contributed by atoms with E-state index in [-0.39, 0.29) is 18.6 Å². The van der Waals surface area contributed by atoms with Gasteiger partial charge in [-0.3, -0.25) is 9.59 Å². The highest BCUT2D eigenvalue weighted by molar-refractivity contribution is 5.91. The van der Waals surface area contributed by atoms with Crippen LogP contribution in [-0.4, -0.2) is 48.6 Å². The first kappa shape index (κ1) is 13.9. The summed E-state index contributed by atoms with van der Waals surface area (Å²) >= 11 is 0. The van der Waals surface area contributed by atoms with E-state index >= 15 is 0 Å². The molecule has 1 fully saturated rings. The Bertz CT molecular complexity index is 561. The quantitative estimate of drug-likeness (QED) is 0.810. The molecule has 0 bridgehead atoms. The first-order valence-corrected chi connectivity index (χ1v) is 7.19. The Balaban J connectivity index is 1.75. The van der Waals surface area contributed by atoms with Crippen molar-refractivity contribution in [1.82, 2.24) is 4.90 Å². The molecule has 6 heteroatoms. The summed E-state index contributed by atoms with van der Waals surface area (Å²) in [6, 6.07) is 7.00. The van der Waals surface area contributed by atoms with E-state index in [1.807, 2.05) is 18.2 Å². The predicted octanol–water partition coefficient (Wildman–Crippen LogP) is 0.126. The van der Waals surface area contributed by atoms with Gasteiger partial charge in [0.2, 0.25) is 11.8 Å². The summed E-state index contributed by atoms with van der Waals surface area (Å²) < 4.78 is 5.25. The number of nitrogens with zero attached hydrogens (tertiary/aromatic N) is 1. The van der Waals surface area contributed by atoms with E-state index in [1.165, 1.54) is 5.56 Å². The molecule has 1 saturated heterocycles. The second-order valence-electron chi connectivity index (χ2n) is 5.42. The van der Waals surface area contributed by atoms with Crippen molar-refractivity contribution in [2.45, 2.75) is 24.9 Å². The largest absolute Gasteiger partial charge is 0.377 e. The van der Waals surface area contributed by atoms with Crippen molar-refractivity contribution < 1.29 is 14.3 Å². The topological polar surface area (TPSA) is 84.7 Å². The maximum atomic E-state index is 12.7. The smallest absolute Gasteiger partial charge is 0.245 e. The van der Waals surface area contributed by atoms with Gasteiger partial charge in [0.25, 0.3) is 0 Å². The third-order valence-electron chi connectivity index (χ3n) is 4.09. The number of hydrogen-bond donors (Lipinski definition) is 2. The zero-order valence-electron chi connectivity index (χ0n) is 11.7. The van der Waals surface area contributed by atoms with Gasteiger partial charge in [0, 0.05) is 12.2 Å². The molecular formula is C15H19N3O3. The number of carbonyl (C=O) groups excluding carboxylic acids is 2. The Kier molecular flexibility index (Phi) is 3.79. The van der Waals surface area contributed by atoms with Gasteiger partial charge in [-0.15, -0.1) is 0 Å². The molecule has 2 amide bonds. The Labute approximate surface area is 123 Å². The van der Waals surface area contributed by atoms with Crippen LogP contribution in [0.5, 0.6) is 0 Å². The third kappa shape index (κ3) is 2.71. The zero-order valence-corrected chi connectivity index (χ0v) is 11.7. The SMILES string of the molecule is NC(=O)C1COCCN1C(=O)C1CCc2ccccc2N1. The van der Waals surface area contributed by atoms with E-state index in [1.54, 1.807) is 4.90 Å². The Morgan fingerprint density at radius 1 is 1.33 bits per heavy atom. The van der Waals surface area contributed by atoms with Gasteiger partial charge >= 0.3 is 0 Å². The molecule has 2 aliphatic heterocycles. The molecule has 0 aromatic heterocycles. The zero-order chi connectivity index (χ0) is 14.8. The Hall–Kier alpha value is -2.08. The van der Waals surface area contributed by atoms with E-state index in [0.717, 1.165) is 18.5 Å². The summed E-state index contributed by atoms with van der Waals surface area (Å²) in [5.41, 5.74) is 7.58.